The van der Waals surface area contributed by atoms with Crippen molar-refractivity contribution in [2.24, 2.45) is 0 Å². The van der Waals surface area contributed by atoms with E-state index in [0.29, 0.717) is 6.04 Å². The van der Waals surface area contributed by atoms with Gasteiger partial charge in [-0.25, -0.2) is 4.98 Å². The summed E-state index contributed by atoms with van der Waals surface area (Å²) < 4.78 is 2.53. The maximum absolute atomic E-state index is 4.80. The molecule has 0 unspecified atom stereocenters. The molecule has 2 heteroatoms. The van der Waals surface area contributed by atoms with Crippen molar-refractivity contribution in [1.82, 2.24) is 9.55 Å². The Bertz CT molecular complexity index is 519. The molecule has 1 saturated carbocycles. The quantitative estimate of drug-likeness (QED) is 0.709. The van der Waals surface area contributed by atoms with Crippen molar-refractivity contribution in [2.45, 2.75) is 57.9 Å². The first kappa shape index (κ1) is 11.8. The van der Waals surface area contributed by atoms with Crippen molar-refractivity contribution in [3.8, 4) is 0 Å². The van der Waals surface area contributed by atoms with Gasteiger partial charge in [-0.05, 0) is 25.0 Å². The van der Waals surface area contributed by atoms with Crippen LogP contribution in [0.25, 0.3) is 11.0 Å². The molecule has 0 amide bonds. The van der Waals surface area contributed by atoms with Gasteiger partial charge in [0, 0.05) is 12.5 Å². The number of rotatable bonds is 2. The fraction of sp³-hybridized carbons (Fsp3) is 0.562. The zero-order valence-electron chi connectivity index (χ0n) is 11.2. The van der Waals surface area contributed by atoms with Crippen LogP contribution in [0, 0.1) is 0 Å². The summed E-state index contributed by atoms with van der Waals surface area (Å²) in [6.45, 7) is 2.22. The summed E-state index contributed by atoms with van der Waals surface area (Å²) in [6, 6.07) is 9.27. The number of fused-ring (bicyclic) bond motifs is 1. The second-order valence-electron chi connectivity index (χ2n) is 5.39. The second kappa shape index (κ2) is 5.13. The van der Waals surface area contributed by atoms with E-state index in [1.54, 1.807) is 0 Å². The van der Waals surface area contributed by atoms with Crippen molar-refractivity contribution in [2.75, 3.05) is 0 Å². The molecule has 0 atom stereocenters. The smallest absolute Gasteiger partial charge is 0.109 e. The van der Waals surface area contributed by atoms with Crippen molar-refractivity contribution < 1.29 is 0 Å². The summed E-state index contributed by atoms with van der Waals surface area (Å²) in [5, 5.41) is 0. The van der Waals surface area contributed by atoms with Crippen LogP contribution in [-0.2, 0) is 6.42 Å². The summed E-state index contributed by atoms with van der Waals surface area (Å²) in [5.74, 6) is 1.27. The van der Waals surface area contributed by atoms with Crippen LogP contribution in [0.15, 0.2) is 24.3 Å². The molecule has 1 fully saturated rings. The number of hydrogen-bond acceptors (Lipinski definition) is 1. The van der Waals surface area contributed by atoms with E-state index in [1.807, 2.05) is 0 Å². The zero-order chi connectivity index (χ0) is 12.4. The third-order valence-corrected chi connectivity index (χ3v) is 4.17. The molecule has 18 heavy (non-hydrogen) atoms. The number of aryl methyl sites for hydroxylation is 1. The maximum Gasteiger partial charge on any atom is 0.109 e. The summed E-state index contributed by atoms with van der Waals surface area (Å²) in [4.78, 5) is 4.80. The van der Waals surface area contributed by atoms with Gasteiger partial charge in [-0.1, -0.05) is 44.7 Å². The molecule has 0 N–H and O–H groups in total. The van der Waals surface area contributed by atoms with Gasteiger partial charge in [-0.15, -0.1) is 0 Å². The van der Waals surface area contributed by atoms with Gasteiger partial charge in [0.2, 0.25) is 0 Å². The molecule has 0 saturated heterocycles. The van der Waals surface area contributed by atoms with Gasteiger partial charge >= 0.3 is 0 Å². The second-order valence-corrected chi connectivity index (χ2v) is 5.39. The van der Waals surface area contributed by atoms with Crippen molar-refractivity contribution in [3.05, 3.63) is 30.1 Å². The van der Waals surface area contributed by atoms with Gasteiger partial charge in [-0.3, -0.25) is 0 Å². The number of aromatic nitrogens is 2. The van der Waals surface area contributed by atoms with Gasteiger partial charge in [0.15, 0.2) is 0 Å². The molecule has 2 nitrogen and oxygen atoms in total. The highest BCUT2D eigenvalue weighted by molar-refractivity contribution is 5.76. The summed E-state index contributed by atoms with van der Waals surface area (Å²) >= 11 is 0. The van der Waals surface area contributed by atoms with Crippen LogP contribution in [0.2, 0.25) is 0 Å². The monoisotopic (exact) mass is 242 g/mol. The van der Waals surface area contributed by atoms with E-state index in [0.717, 1.165) is 6.42 Å². The Morgan fingerprint density at radius 1 is 1.11 bits per heavy atom. The fourth-order valence-corrected chi connectivity index (χ4v) is 3.27. The summed E-state index contributed by atoms with van der Waals surface area (Å²) in [7, 11) is 0. The lowest BCUT2D eigenvalue weighted by Crippen LogP contribution is -2.11. The predicted octanol–water partition coefficient (Wildman–Crippen LogP) is 4.49. The molecule has 96 valence electrons. The van der Waals surface area contributed by atoms with E-state index in [-0.39, 0.29) is 0 Å². The summed E-state index contributed by atoms with van der Waals surface area (Å²) in [6.07, 6.45) is 9.25. The van der Waals surface area contributed by atoms with Gasteiger partial charge < -0.3 is 4.57 Å². The van der Waals surface area contributed by atoms with Crippen LogP contribution in [0.1, 0.15) is 57.3 Å². The van der Waals surface area contributed by atoms with Crippen LogP contribution in [0.5, 0.6) is 0 Å². The highest BCUT2D eigenvalue weighted by Gasteiger charge is 2.19. The Morgan fingerprint density at radius 3 is 2.56 bits per heavy atom. The topological polar surface area (TPSA) is 17.8 Å². The minimum Gasteiger partial charge on any atom is -0.325 e. The van der Waals surface area contributed by atoms with Crippen LogP contribution in [-0.4, -0.2) is 9.55 Å². The third kappa shape index (κ3) is 2.05. The molecule has 1 aromatic heterocycles. The Kier molecular flexibility index (Phi) is 3.35. The van der Waals surface area contributed by atoms with Crippen LogP contribution in [0.4, 0.5) is 0 Å². The Labute approximate surface area is 109 Å². The van der Waals surface area contributed by atoms with Gasteiger partial charge in [-0.2, -0.15) is 0 Å². The SMILES string of the molecule is CCc1nc2ccccc2n1C1CCCCCC1. The van der Waals surface area contributed by atoms with Gasteiger partial charge in [0.1, 0.15) is 5.82 Å². The Morgan fingerprint density at radius 2 is 1.83 bits per heavy atom. The molecule has 0 radical (unpaired) electrons. The van der Waals surface area contributed by atoms with Crippen molar-refractivity contribution in [1.29, 1.82) is 0 Å². The predicted molar refractivity (Wildman–Crippen MR) is 75.9 cm³/mol. The lowest BCUT2D eigenvalue weighted by molar-refractivity contribution is 0.441. The maximum atomic E-state index is 4.80. The average molecular weight is 242 g/mol. The largest absolute Gasteiger partial charge is 0.325 e. The Hall–Kier alpha value is -1.31. The minimum absolute atomic E-state index is 0.676. The Balaban J connectivity index is 2.07. The first-order valence-corrected chi connectivity index (χ1v) is 7.36. The fourth-order valence-electron chi connectivity index (χ4n) is 3.27. The average Bonchev–Trinajstić information content (AvgIpc) is 2.59. The third-order valence-electron chi connectivity index (χ3n) is 4.17. The van der Waals surface area contributed by atoms with E-state index >= 15 is 0 Å². The number of imidazole rings is 1. The number of para-hydroxylation sites is 2. The molecule has 2 aromatic rings. The molecular formula is C16H22N2. The first-order valence-electron chi connectivity index (χ1n) is 7.36. The zero-order valence-corrected chi connectivity index (χ0v) is 11.2. The highest BCUT2D eigenvalue weighted by Crippen LogP contribution is 2.31. The highest BCUT2D eigenvalue weighted by atomic mass is 15.1. The van der Waals surface area contributed by atoms with Crippen LogP contribution < -0.4 is 0 Å². The standard InChI is InChI=1S/C16H22N2/c1-2-16-17-14-11-7-8-12-15(14)18(16)13-9-5-3-4-6-10-13/h7-8,11-13H,2-6,9-10H2,1H3. The van der Waals surface area contributed by atoms with E-state index in [2.05, 4.69) is 35.8 Å². The molecular weight excluding hydrogens is 220 g/mol. The molecule has 1 aliphatic carbocycles. The molecule has 3 rings (SSSR count). The molecule has 1 heterocycles. The van der Waals surface area contributed by atoms with Crippen LogP contribution >= 0.6 is 0 Å². The first-order chi connectivity index (χ1) is 8.90. The van der Waals surface area contributed by atoms with Crippen molar-refractivity contribution in [3.63, 3.8) is 0 Å². The number of nitrogens with zero attached hydrogens (tertiary/aromatic N) is 2. The lowest BCUT2D eigenvalue weighted by Gasteiger charge is -2.19. The number of benzene rings is 1. The van der Waals surface area contributed by atoms with E-state index < -0.39 is 0 Å². The molecule has 0 aliphatic heterocycles. The molecule has 0 bridgehead atoms. The van der Waals surface area contributed by atoms with Gasteiger partial charge in [0.25, 0.3) is 0 Å². The van der Waals surface area contributed by atoms with E-state index in [4.69, 9.17) is 4.98 Å². The molecule has 1 aromatic carbocycles. The minimum atomic E-state index is 0.676. The van der Waals surface area contributed by atoms with E-state index in [9.17, 15) is 0 Å². The normalized spacial score (nSPS) is 18.1. The summed E-state index contributed by atoms with van der Waals surface area (Å²) in [5.41, 5.74) is 2.50. The number of hydrogen-bond donors (Lipinski definition) is 0. The van der Waals surface area contributed by atoms with E-state index in [1.165, 1.54) is 55.4 Å². The van der Waals surface area contributed by atoms with Gasteiger partial charge in [0.05, 0.1) is 11.0 Å². The van der Waals surface area contributed by atoms with Crippen LogP contribution in [0.3, 0.4) is 0 Å². The lowest BCUT2D eigenvalue weighted by atomic mass is 10.1. The molecule has 0 spiro atoms. The molecule has 1 aliphatic rings. The van der Waals surface area contributed by atoms with Crippen molar-refractivity contribution >= 4 is 11.0 Å².